The molecule has 72 valence electrons. The van der Waals surface area contributed by atoms with E-state index in [1.54, 1.807) is 0 Å². The smallest absolute Gasteiger partial charge is 0.0371 e. The molecule has 0 radical (unpaired) electrons. The van der Waals surface area contributed by atoms with Crippen LogP contribution in [-0.4, -0.2) is 55.6 Å². The first kappa shape index (κ1) is 9.96. The molecule has 0 bridgehead atoms. The molecule has 1 heterocycles. The fourth-order valence-corrected chi connectivity index (χ4v) is 1.78. The Hall–Kier alpha value is -0.120. The summed E-state index contributed by atoms with van der Waals surface area (Å²) in [4.78, 5) is 4.74. The molecule has 2 atom stereocenters. The van der Waals surface area contributed by atoms with Crippen molar-refractivity contribution in [2.75, 3.05) is 33.7 Å². The molecule has 12 heavy (non-hydrogen) atoms. The van der Waals surface area contributed by atoms with Gasteiger partial charge in [0.1, 0.15) is 0 Å². The van der Waals surface area contributed by atoms with Crippen molar-refractivity contribution in [2.45, 2.75) is 25.4 Å². The third-order valence-electron chi connectivity index (χ3n) is 2.86. The monoisotopic (exact) mass is 171 g/mol. The van der Waals surface area contributed by atoms with E-state index in [2.05, 4.69) is 30.8 Å². The standard InChI is InChI=1S/C9H21N3/c1-4-8(10)9-7-11(2)5-6-12(9)3/h8-9H,4-7,10H2,1-3H3/t8-,9?/m0/s1. The highest BCUT2D eigenvalue weighted by molar-refractivity contribution is 4.85. The molecule has 1 aliphatic rings. The third-order valence-corrected chi connectivity index (χ3v) is 2.86. The molecule has 3 heteroatoms. The number of likely N-dealkylation sites (N-methyl/N-ethyl adjacent to an activating group) is 2. The third kappa shape index (κ3) is 2.19. The maximum Gasteiger partial charge on any atom is 0.0371 e. The van der Waals surface area contributed by atoms with Gasteiger partial charge < -0.3 is 10.6 Å². The molecule has 1 unspecified atom stereocenters. The molecule has 1 fully saturated rings. The Bertz CT molecular complexity index is 134. The molecule has 3 nitrogen and oxygen atoms in total. The second kappa shape index (κ2) is 4.21. The van der Waals surface area contributed by atoms with Crippen LogP contribution in [0.25, 0.3) is 0 Å². The molecule has 0 spiro atoms. The van der Waals surface area contributed by atoms with Crippen molar-refractivity contribution in [1.29, 1.82) is 0 Å². The van der Waals surface area contributed by atoms with Gasteiger partial charge >= 0.3 is 0 Å². The van der Waals surface area contributed by atoms with Crippen molar-refractivity contribution in [2.24, 2.45) is 5.73 Å². The summed E-state index contributed by atoms with van der Waals surface area (Å²) < 4.78 is 0. The van der Waals surface area contributed by atoms with Crippen molar-refractivity contribution in [3.05, 3.63) is 0 Å². The van der Waals surface area contributed by atoms with Gasteiger partial charge in [-0.2, -0.15) is 0 Å². The van der Waals surface area contributed by atoms with E-state index in [0.717, 1.165) is 19.5 Å². The Labute approximate surface area is 75.5 Å². The van der Waals surface area contributed by atoms with E-state index in [0.29, 0.717) is 12.1 Å². The molecule has 0 amide bonds. The molecule has 0 aromatic carbocycles. The van der Waals surface area contributed by atoms with E-state index in [1.165, 1.54) is 6.54 Å². The molecule has 0 aromatic heterocycles. The van der Waals surface area contributed by atoms with Crippen LogP contribution in [-0.2, 0) is 0 Å². The van der Waals surface area contributed by atoms with Crippen molar-refractivity contribution in [1.82, 2.24) is 9.80 Å². The molecule has 2 N–H and O–H groups in total. The lowest BCUT2D eigenvalue weighted by atomic mass is 10.0. The summed E-state index contributed by atoms with van der Waals surface area (Å²) >= 11 is 0. The zero-order valence-electron chi connectivity index (χ0n) is 8.45. The predicted octanol–water partition coefficient (Wildman–Crippen LogP) is -0.0305. The first-order valence-corrected chi connectivity index (χ1v) is 4.79. The van der Waals surface area contributed by atoms with E-state index in [4.69, 9.17) is 5.73 Å². The maximum absolute atomic E-state index is 6.03. The summed E-state index contributed by atoms with van der Waals surface area (Å²) in [6.07, 6.45) is 1.07. The lowest BCUT2D eigenvalue weighted by Gasteiger charge is -2.40. The number of piperazine rings is 1. The fourth-order valence-electron chi connectivity index (χ4n) is 1.78. The SMILES string of the molecule is CC[C@H](N)C1CN(C)CCN1C. The average molecular weight is 171 g/mol. The van der Waals surface area contributed by atoms with Crippen LogP contribution in [0.15, 0.2) is 0 Å². The van der Waals surface area contributed by atoms with Gasteiger partial charge in [0.2, 0.25) is 0 Å². The van der Waals surface area contributed by atoms with Gasteiger partial charge in [-0.15, -0.1) is 0 Å². The summed E-state index contributed by atoms with van der Waals surface area (Å²) in [5, 5.41) is 0. The van der Waals surface area contributed by atoms with Crippen molar-refractivity contribution < 1.29 is 0 Å². The molecular formula is C9H21N3. The first-order chi connectivity index (χ1) is 5.65. The predicted molar refractivity (Wildman–Crippen MR) is 52.2 cm³/mol. The maximum atomic E-state index is 6.03. The highest BCUT2D eigenvalue weighted by Gasteiger charge is 2.26. The number of nitrogens with two attached hydrogens (primary N) is 1. The lowest BCUT2D eigenvalue weighted by Crippen LogP contribution is -2.57. The lowest BCUT2D eigenvalue weighted by molar-refractivity contribution is 0.0965. The zero-order valence-corrected chi connectivity index (χ0v) is 8.45. The van der Waals surface area contributed by atoms with Crippen molar-refractivity contribution in [3.8, 4) is 0 Å². The number of nitrogens with zero attached hydrogens (tertiary/aromatic N) is 2. The summed E-state index contributed by atoms with van der Waals surface area (Å²) in [5.74, 6) is 0. The highest BCUT2D eigenvalue weighted by Crippen LogP contribution is 2.10. The average Bonchev–Trinajstić information content (AvgIpc) is 2.08. The minimum Gasteiger partial charge on any atom is -0.326 e. The topological polar surface area (TPSA) is 32.5 Å². The van der Waals surface area contributed by atoms with Crippen LogP contribution in [0.5, 0.6) is 0 Å². The zero-order chi connectivity index (χ0) is 9.14. The van der Waals surface area contributed by atoms with Gasteiger partial charge in [-0.05, 0) is 20.5 Å². The molecule has 1 aliphatic heterocycles. The summed E-state index contributed by atoms with van der Waals surface area (Å²) in [5.41, 5.74) is 6.03. The van der Waals surface area contributed by atoms with Crippen LogP contribution >= 0.6 is 0 Å². The van der Waals surface area contributed by atoms with Gasteiger partial charge in [-0.1, -0.05) is 6.92 Å². The van der Waals surface area contributed by atoms with Crippen LogP contribution in [0.3, 0.4) is 0 Å². The molecule has 1 saturated heterocycles. The minimum atomic E-state index is 0.331. The second-order valence-electron chi connectivity index (χ2n) is 3.88. The molecule has 0 aliphatic carbocycles. The Kier molecular flexibility index (Phi) is 3.50. The van der Waals surface area contributed by atoms with Gasteiger partial charge in [0.05, 0.1) is 0 Å². The number of hydrogen-bond donors (Lipinski definition) is 1. The van der Waals surface area contributed by atoms with Crippen molar-refractivity contribution in [3.63, 3.8) is 0 Å². The molecule has 0 aromatic rings. The van der Waals surface area contributed by atoms with E-state index in [-0.39, 0.29) is 0 Å². The second-order valence-corrected chi connectivity index (χ2v) is 3.88. The highest BCUT2D eigenvalue weighted by atomic mass is 15.3. The summed E-state index contributed by atoms with van der Waals surface area (Å²) in [6, 6.07) is 0.881. The van der Waals surface area contributed by atoms with E-state index < -0.39 is 0 Å². The van der Waals surface area contributed by atoms with Gasteiger partial charge in [-0.25, -0.2) is 0 Å². The van der Waals surface area contributed by atoms with E-state index in [1.807, 2.05) is 0 Å². The van der Waals surface area contributed by atoms with Crippen molar-refractivity contribution >= 4 is 0 Å². The minimum absolute atomic E-state index is 0.331. The normalized spacial score (nSPS) is 30.5. The Morgan fingerprint density at radius 3 is 2.67 bits per heavy atom. The first-order valence-electron chi connectivity index (χ1n) is 4.79. The van der Waals surface area contributed by atoms with Gasteiger partial charge in [0.15, 0.2) is 0 Å². The number of hydrogen-bond acceptors (Lipinski definition) is 3. The van der Waals surface area contributed by atoms with E-state index >= 15 is 0 Å². The van der Waals surface area contributed by atoms with Crippen LogP contribution < -0.4 is 5.73 Å². The molecule has 1 rings (SSSR count). The van der Waals surface area contributed by atoms with Crippen LogP contribution in [0.4, 0.5) is 0 Å². The van der Waals surface area contributed by atoms with Gasteiger partial charge in [0, 0.05) is 31.7 Å². The Balaban J connectivity index is 2.48. The van der Waals surface area contributed by atoms with Gasteiger partial charge in [-0.3, -0.25) is 4.90 Å². The fraction of sp³-hybridized carbons (Fsp3) is 1.00. The van der Waals surface area contributed by atoms with E-state index in [9.17, 15) is 0 Å². The van der Waals surface area contributed by atoms with Gasteiger partial charge in [0.25, 0.3) is 0 Å². The van der Waals surface area contributed by atoms with Crippen LogP contribution in [0.2, 0.25) is 0 Å². The summed E-state index contributed by atoms with van der Waals surface area (Å²) in [7, 11) is 4.34. The van der Waals surface area contributed by atoms with Crippen LogP contribution in [0, 0.1) is 0 Å². The van der Waals surface area contributed by atoms with Crippen LogP contribution in [0.1, 0.15) is 13.3 Å². The molecular weight excluding hydrogens is 150 g/mol. The molecule has 0 saturated carbocycles. The Morgan fingerprint density at radius 1 is 1.42 bits per heavy atom. The largest absolute Gasteiger partial charge is 0.326 e. The Morgan fingerprint density at radius 2 is 2.08 bits per heavy atom. The summed E-state index contributed by atoms with van der Waals surface area (Å²) in [6.45, 7) is 5.59. The number of rotatable bonds is 2. The quantitative estimate of drug-likeness (QED) is 0.633.